The Kier molecular flexibility index (Phi) is 8.07. The molecule has 0 nitrogen and oxygen atoms in total. The molecule has 0 bridgehead atoms. The third kappa shape index (κ3) is 7.25. The van der Waals surface area contributed by atoms with E-state index in [-0.39, 0.29) is 0 Å². The Hall–Kier alpha value is -2.60. The summed E-state index contributed by atoms with van der Waals surface area (Å²) in [6.07, 6.45) is 5.41. The van der Waals surface area contributed by atoms with Crippen molar-refractivity contribution in [2.45, 2.75) is 12.8 Å². The van der Waals surface area contributed by atoms with Crippen LogP contribution in [0.25, 0.3) is 0 Å². The summed E-state index contributed by atoms with van der Waals surface area (Å²) in [4.78, 5) is 0. The standard InChI is InChI=1S/2C11H12/c2*1-3-10(2)9-11-7-5-4-6-8-11/h2*3-8H,1-2,9H2. The highest BCUT2D eigenvalue weighted by Crippen LogP contribution is 2.06. The van der Waals surface area contributed by atoms with Gasteiger partial charge in [0.25, 0.3) is 0 Å². The molecule has 0 amide bonds. The summed E-state index contributed by atoms with van der Waals surface area (Å²) in [6.45, 7) is 15.0. The Morgan fingerprint density at radius 2 is 0.955 bits per heavy atom. The highest BCUT2D eigenvalue weighted by Gasteiger charge is 1.91. The van der Waals surface area contributed by atoms with E-state index in [2.05, 4.69) is 50.6 Å². The Morgan fingerprint density at radius 1 is 0.636 bits per heavy atom. The lowest BCUT2D eigenvalue weighted by Gasteiger charge is -1.98. The van der Waals surface area contributed by atoms with Crippen LogP contribution in [-0.4, -0.2) is 0 Å². The minimum absolute atomic E-state index is 0.907. The van der Waals surface area contributed by atoms with Crippen LogP contribution in [0.3, 0.4) is 0 Å². The van der Waals surface area contributed by atoms with Crippen LogP contribution in [0.1, 0.15) is 11.1 Å². The van der Waals surface area contributed by atoms with Crippen molar-refractivity contribution < 1.29 is 0 Å². The number of allylic oxidation sites excluding steroid dienone is 4. The zero-order valence-electron chi connectivity index (χ0n) is 13.2. The molecular weight excluding hydrogens is 264 g/mol. The van der Waals surface area contributed by atoms with Gasteiger partial charge in [0.05, 0.1) is 0 Å². The van der Waals surface area contributed by atoms with E-state index in [0.29, 0.717) is 0 Å². The van der Waals surface area contributed by atoms with E-state index in [9.17, 15) is 0 Å². The first-order valence-electron chi connectivity index (χ1n) is 7.34. The quantitative estimate of drug-likeness (QED) is 0.577. The lowest BCUT2D eigenvalue weighted by Crippen LogP contribution is -1.84. The monoisotopic (exact) mass is 288 g/mol. The van der Waals surface area contributed by atoms with Crippen molar-refractivity contribution in [1.29, 1.82) is 0 Å². The van der Waals surface area contributed by atoms with E-state index in [1.807, 2.05) is 36.4 Å². The average molecular weight is 288 g/mol. The van der Waals surface area contributed by atoms with E-state index in [4.69, 9.17) is 0 Å². The van der Waals surface area contributed by atoms with E-state index in [0.717, 1.165) is 24.0 Å². The molecule has 0 atom stereocenters. The first-order chi connectivity index (χ1) is 10.7. The minimum atomic E-state index is 0.907. The summed E-state index contributed by atoms with van der Waals surface area (Å²) < 4.78 is 0. The van der Waals surface area contributed by atoms with Gasteiger partial charge < -0.3 is 0 Å². The van der Waals surface area contributed by atoms with E-state index in [1.54, 1.807) is 12.2 Å². The zero-order chi connectivity index (χ0) is 16.2. The minimum Gasteiger partial charge on any atom is -0.0988 e. The topological polar surface area (TPSA) is 0 Å². The summed E-state index contributed by atoms with van der Waals surface area (Å²) in [5, 5.41) is 0. The molecule has 0 heteroatoms. The maximum atomic E-state index is 3.85. The van der Waals surface area contributed by atoms with Crippen LogP contribution in [0, 0.1) is 0 Å². The van der Waals surface area contributed by atoms with E-state index in [1.165, 1.54) is 11.1 Å². The summed E-state index contributed by atoms with van der Waals surface area (Å²) in [5.41, 5.74) is 4.71. The van der Waals surface area contributed by atoms with Gasteiger partial charge in [0.1, 0.15) is 0 Å². The van der Waals surface area contributed by atoms with Crippen LogP contribution in [0.5, 0.6) is 0 Å². The molecule has 112 valence electrons. The first kappa shape index (κ1) is 17.5. The molecule has 0 radical (unpaired) electrons. The number of hydrogen-bond donors (Lipinski definition) is 0. The summed E-state index contributed by atoms with van der Waals surface area (Å²) in [6, 6.07) is 20.5. The van der Waals surface area contributed by atoms with Gasteiger partial charge in [0, 0.05) is 0 Å². The SMILES string of the molecule is C=CC(=C)Cc1ccccc1.C=CC(=C)Cc1ccccc1. The van der Waals surface area contributed by atoms with Crippen LogP contribution in [0.15, 0.2) is 110 Å². The van der Waals surface area contributed by atoms with Crippen molar-refractivity contribution >= 4 is 0 Å². The second-order valence-corrected chi connectivity index (χ2v) is 5.05. The molecular formula is C22H24. The van der Waals surface area contributed by atoms with Crippen molar-refractivity contribution in [1.82, 2.24) is 0 Å². The van der Waals surface area contributed by atoms with Crippen LogP contribution in [0.2, 0.25) is 0 Å². The fourth-order valence-corrected chi connectivity index (χ4v) is 1.86. The lowest BCUT2D eigenvalue weighted by molar-refractivity contribution is 1.21. The molecule has 2 rings (SSSR count). The molecule has 0 unspecified atom stereocenters. The Labute approximate surface area is 134 Å². The van der Waals surface area contributed by atoms with Gasteiger partial charge in [-0.05, 0) is 24.0 Å². The van der Waals surface area contributed by atoms with Gasteiger partial charge in [0.15, 0.2) is 0 Å². The summed E-state index contributed by atoms with van der Waals surface area (Å²) >= 11 is 0. The molecule has 0 heterocycles. The molecule has 0 aliphatic carbocycles. The average Bonchev–Trinajstić information content (AvgIpc) is 2.57. The van der Waals surface area contributed by atoms with E-state index < -0.39 is 0 Å². The van der Waals surface area contributed by atoms with Crippen molar-refractivity contribution in [2.24, 2.45) is 0 Å². The van der Waals surface area contributed by atoms with Gasteiger partial charge >= 0.3 is 0 Å². The fourth-order valence-electron chi connectivity index (χ4n) is 1.86. The Morgan fingerprint density at radius 3 is 1.23 bits per heavy atom. The zero-order valence-corrected chi connectivity index (χ0v) is 13.2. The largest absolute Gasteiger partial charge is 0.0988 e. The molecule has 0 aliphatic rings. The predicted octanol–water partition coefficient (Wildman–Crippen LogP) is 5.94. The highest BCUT2D eigenvalue weighted by atomic mass is 14.0. The third-order valence-corrected chi connectivity index (χ3v) is 3.13. The van der Waals surface area contributed by atoms with Gasteiger partial charge in [0.2, 0.25) is 0 Å². The van der Waals surface area contributed by atoms with Gasteiger partial charge in [-0.2, -0.15) is 0 Å². The second kappa shape index (κ2) is 10.2. The number of rotatable bonds is 6. The van der Waals surface area contributed by atoms with Gasteiger partial charge in [-0.3, -0.25) is 0 Å². The maximum Gasteiger partial charge on any atom is -0.00319 e. The van der Waals surface area contributed by atoms with Crippen LogP contribution in [-0.2, 0) is 12.8 Å². The normalized spacial score (nSPS) is 9.09. The third-order valence-electron chi connectivity index (χ3n) is 3.13. The van der Waals surface area contributed by atoms with Gasteiger partial charge in [-0.15, -0.1) is 0 Å². The molecule has 2 aromatic rings. The Bertz CT molecular complexity index is 546. The van der Waals surface area contributed by atoms with Gasteiger partial charge in [-0.1, -0.05) is 110 Å². The summed E-state index contributed by atoms with van der Waals surface area (Å²) in [7, 11) is 0. The van der Waals surface area contributed by atoms with Crippen LogP contribution >= 0.6 is 0 Å². The van der Waals surface area contributed by atoms with Crippen molar-refractivity contribution in [3.63, 3.8) is 0 Å². The van der Waals surface area contributed by atoms with Crippen molar-refractivity contribution in [3.8, 4) is 0 Å². The van der Waals surface area contributed by atoms with Crippen LogP contribution in [0.4, 0.5) is 0 Å². The molecule has 0 spiro atoms. The molecule has 0 fully saturated rings. The molecule has 0 saturated carbocycles. The van der Waals surface area contributed by atoms with Crippen molar-refractivity contribution in [3.05, 3.63) is 121 Å². The highest BCUT2D eigenvalue weighted by molar-refractivity contribution is 5.25. The number of hydrogen-bond acceptors (Lipinski definition) is 0. The smallest absolute Gasteiger partial charge is 0.00319 e. The molecule has 2 aromatic carbocycles. The lowest BCUT2D eigenvalue weighted by atomic mass is 10.1. The molecule has 0 N–H and O–H groups in total. The predicted molar refractivity (Wildman–Crippen MR) is 99.0 cm³/mol. The maximum absolute atomic E-state index is 3.85. The first-order valence-corrected chi connectivity index (χ1v) is 7.34. The molecule has 22 heavy (non-hydrogen) atoms. The molecule has 0 aromatic heterocycles. The van der Waals surface area contributed by atoms with Crippen LogP contribution < -0.4 is 0 Å². The summed E-state index contributed by atoms with van der Waals surface area (Å²) in [5.74, 6) is 0. The fraction of sp³-hybridized carbons (Fsp3) is 0.0909. The molecule has 0 aliphatic heterocycles. The van der Waals surface area contributed by atoms with E-state index >= 15 is 0 Å². The van der Waals surface area contributed by atoms with Gasteiger partial charge in [-0.25, -0.2) is 0 Å². The Balaban J connectivity index is 0.000000220. The second-order valence-electron chi connectivity index (χ2n) is 5.05. The molecule has 0 saturated heterocycles. The van der Waals surface area contributed by atoms with Crippen molar-refractivity contribution in [2.75, 3.05) is 0 Å². The number of benzene rings is 2.